The molecule has 2 nitrogen and oxygen atoms in total. The van der Waals surface area contributed by atoms with Crippen LogP contribution in [-0.4, -0.2) is 0 Å². The number of halogens is 2. The molecule has 96 valence electrons. The van der Waals surface area contributed by atoms with E-state index in [1.165, 1.54) is 0 Å². The van der Waals surface area contributed by atoms with Crippen LogP contribution in [0.15, 0.2) is 57.4 Å². The Balaban J connectivity index is 2.02. The lowest BCUT2D eigenvalue weighted by molar-refractivity contribution is 0.525. The number of para-hydroxylation sites is 1. The van der Waals surface area contributed by atoms with E-state index in [1.807, 2.05) is 48.5 Å². The maximum atomic E-state index is 6.24. The Morgan fingerprint density at radius 1 is 1.11 bits per heavy atom. The van der Waals surface area contributed by atoms with Gasteiger partial charge in [0.05, 0.1) is 11.1 Å². The van der Waals surface area contributed by atoms with Crippen LogP contribution in [0.5, 0.6) is 0 Å². The first kappa shape index (κ1) is 12.7. The third-order valence-electron chi connectivity index (χ3n) is 3.05. The van der Waals surface area contributed by atoms with Gasteiger partial charge in [0, 0.05) is 9.86 Å². The van der Waals surface area contributed by atoms with Gasteiger partial charge in [-0.05, 0) is 45.8 Å². The lowest BCUT2D eigenvalue weighted by atomic mass is 10.1. The Kier molecular flexibility index (Phi) is 3.35. The third-order valence-corrected chi connectivity index (χ3v) is 4.27. The summed E-state index contributed by atoms with van der Waals surface area (Å²) in [4.78, 5) is 0. The van der Waals surface area contributed by atoms with E-state index in [9.17, 15) is 0 Å². The van der Waals surface area contributed by atoms with Gasteiger partial charge >= 0.3 is 0 Å². The number of benzene rings is 2. The quantitative estimate of drug-likeness (QED) is 0.723. The Morgan fingerprint density at radius 2 is 1.89 bits per heavy atom. The minimum Gasteiger partial charge on any atom is -0.459 e. The van der Waals surface area contributed by atoms with E-state index in [0.717, 1.165) is 26.8 Å². The van der Waals surface area contributed by atoms with Crippen molar-refractivity contribution in [1.82, 2.24) is 0 Å². The van der Waals surface area contributed by atoms with Crippen molar-refractivity contribution in [3.05, 3.63) is 69.3 Å². The number of rotatable bonds is 2. The van der Waals surface area contributed by atoms with Crippen molar-refractivity contribution in [3.63, 3.8) is 0 Å². The smallest absolute Gasteiger partial charge is 0.134 e. The normalized spacial score (nSPS) is 12.8. The predicted molar refractivity (Wildman–Crippen MR) is 81.4 cm³/mol. The summed E-state index contributed by atoms with van der Waals surface area (Å²) in [7, 11) is 0. The van der Waals surface area contributed by atoms with Crippen molar-refractivity contribution in [2.24, 2.45) is 5.73 Å². The average Bonchev–Trinajstić information content (AvgIpc) is 2.85. The first-order valence-electron chi connectivity index (χ1n) is 5.84. The summed E-state index contributed by atoms with van der Waals surface area (Å²) in [5.41, 5.74) is 8.04. The molecule has 3 aromatic rings. The standard InChI is InChI=1S/C15H11BrClNO/c16-11-7-10(5-6-12(11)17)15(18)14-8-9-3-1-2-4-13(9)19-14/h1-8,15H,18H2. The topological polar surface area (TPSA) is 39.2 Å². The summed E-state index contributed by atoms with van der Waals surface area (Å²) in [6, 6.07) is 15.2. The van der Waals surface area contributed by atoms with Crippen molar-refractivity contribution >= 4 is 38.5 Å². The van der Waals surface area contributed by atoms with Gasteiger partial charge in [0.25, 0.3) is 0 Å². The number of hydrogen-bond acceptors (Lipinski definition) is 2. The maximum Gasteiger partial charge on any atom is 0.134 e. The van der Waals surface area contributed by atoms with E-state index >= 15 is 0 Å². The average molecular weight is 337 g/mol. The molecule has 4 heteroatoms. The van der Waals surface area contributed by atoms with Crippen LogP contribution < -0.4 is 5.73 Å². The van der Waals surface area contributed by atoms with Gasteiger partial charge < -0.3 is 10.2 Å². The van der Waals surface area contributed by atoms with Gasteiger partial charge in [-0.1, -0.05) is 35.9 Å². The largest absolute Gasteiger partial charge is 0.459 e. The van der Waals surface area contributed by atoms with Gasteiger partial charge in [-0.2, -0.15) is 0 Å². The molecule has 0 aliphatic carbocycles. The second-order valence-corrected chi connectivity index (χ2v) is 5.60. The van der Waals surface area contributed by atoms with Crippen molar-refractivity contribution in [2.45, 2.75) is 6.04 Å². The van der Waals surface area contributed by atoms with Crippen LogP contribution in [0, 0.1) is 0 Å². The Labute approximate surface area is 124 Å². The molecule has 1 aromatic heterocycles. The molecule has 1 heterocycles. The molecule has 1 atom stereocenters. The molecule has 0 saturated heterocycles. The molecule has 0 aliphatic heterocycles. The Bertz CT molecular complexity index is 705. The summed E-state index contributed by atoms with van der Waals surface area (Å²) in [5.74, 6) is 0.746. The lowest BCUT2D eigenvalue weighted by Crippen LogP contribution is -2.10. The molecule has 0 spiro atoms. The number of fused-ring (bicyclic) bond motifs is 1. The maximum absolute atomic E-state index is 6.24. The fourth-order valence-corrected chi connectivity index (χ4v) is 2.54. The highest BCUT2D eigenvalue weighted by Gasteiger charge is 2.15. The summed E-state index contributed by atoms with van der Waals surface area (Å²) >= 11 is 9.39. The molecule has 0 amide bonds. The van der Waals surface area contributed by atoms with Gasteiger partial charge in [0.2, 0.25) is 0 Å². The predicted octanol–water partition coefficient (Wildman–Crippen LogP) is 4.90. The first-order chi connectivity index (χ1) is 9.15. The number of nitrogens with two attached hydrogens (primary N) is 1. The van der Waals surface area contributed by atoms with E-state index in [-0.39, 0.29) is 6.04 Å². The van der Waals surface area contributed by atoms with E-state index < -0.39 is 0 Å². The Hall–Kier alpha value is -1.29. The zero-order valence-electron chi connectivity index (χ0n) is 9.94. The molecule has 3 rings (SSSR count). The van der Waals surface area contributed by atoms with Crippen molar-refractivity contribution in [2.75, 3.05) is 0 Å². The first-order valence-corrected chi connectivity index (χ1v) is 7.01. The van der Waals surface area contributed by atoms with Gasteiger partial charge in [0.15, 0.2) is 0 Å². The highest BCUT2D eigenvalue weighted by Crippen LogP contribution is 2.30. The van der Waals surface area contributed by atoms with E-state index in [2.05, 4.69) is 15.9 Å². The molecule has 0 fully saturated rings. The zero-order chi connectivity index (χ0) is 13.4. The SMILES string of the molecule is NC(c1ccc(Cl)c(Br)c1)c1cc2ccccc2o1. The van der Waals surface area contributed by atoms with Crippen LogP contribution in [0.3, 0.4) is 0 Å². The fourth-order valence-electron chi connectivity index (χ4n) is 2.03. The zero-order valence-corrected chi connectivity index (χ0v) is 12.3. The molecule has 19 heavy (non-hydrogen) atoms. The summed E-state index contributed by atoms with van der Waals surface area (Å²) in [6.07, 6.45) is 0. The van der Waals surface area contributed by atoms with Crippen molar-refractivity contribution in [3.8, 4) is 0 Å². The van der Waals surface area contributed by atoms with Crippen LogP contribution in [0.4, 0.5) is 0 Å². The monoisotopic (exact) mass is 335 g/mol. The molecule has 2 N–H and O–H groups in total. The van der Waals surface area contributed by atoms with E-state index in [1.54, 1.807) is 0 Å². The van der Waals surface area contributed by atoms with Crippen LogP contribution in [0.25, 0.3) is 11.0 Å². The minimum absolute atomic E-state index is 0.305. The van der Waals surface area contributed by atoms with E-state index in [0.29, 0.717) is 5.02 Å². The van der Waals surface area contributed by atoms with Crippen LogP contribution in [0.2, 0.25) is 5.02 Å². The number of hydrogen-bond donors (Lipinski definition) is 1. The second kappa shape index (κ2) is 5.00. The third kappa shape index (κ3) is 2.41. The summed E-state index contributed by atoms with van der Waals surface area (Å²) < 4.78 is 6.61. The molecular formula is C15H11BrClNO. The van der Waals surface area contributed by atoms with Gasteiger partial charge in [0.1, 0.15) is 11.3 Å². The van der Waals surface area contributed by atoms with Crippen molar-refractivity contribution < 1.29 is 4.42 Å². The van der Waals surface area contributed by atoms with Crippen LogP contribution in [-0.2, 0) is 0 Å². The molecule has 0 saturated carbocycles. The van der Waals surface area contributed by atoms with Gasteiger partial charge in [-0.3, -0.25) is 0 Å². The minimum atomic E-state index is -0.305. The molecular weight excluding hydrogens is 326 g/mol. The highest BCUT2D eigenvalue weighted by atomic mass is 79.9. The molecule has 0 bridgehead atoms. The van der Waals surface area contributed by atoms with Gasteiger partial charge in [-0.25, -0.2) is 0 Å². The number of furan rings is 1. The molecule has 0 radical (unpaired) electrons. The highest BCUT2D eigenvalue weighted by molar-refractivity contribution is 9.10. The molecule has 0 aliphatic rings. The van der Waals surface area contributed by atoms with Crippen molar-refractivity contribution in [1.29, 1.82) is 0 Å². The van der Waals surface area contributed by atoms with Gasteiger partial charge in [-0.15, -0.1) is 0 Å². The lowest BCUT2D eigenvalue weighted by Gasteiger charge is -2.10. The van der Waals surface area contributed by atoms with E-state index in [4.69, 9.17) is 21.8 Å². The second-order valence-electron chi connectivity index (χ2n) is 4.34. The Morgan fingerprint density at radius 3 is 2.63 bits per heavy atom. The molecule has 2 aromatic carbocycles. The fraction of sp³-hybridized carbons (Fsp3) is 0.0667. The molecule has 1 unspecified atom stereocenters. The summed E-state index contributed by atoms with van der Waals surface area (Å²) in [6.45, 7) is 0. The van der Waals surface area contributed by atoms with Crippen LogP contribution in [0.1, 0.15) is 17.4 Å². The van der Waals surface area contributed by atoms with Crippen LogP contribution >= 0.6 is 27.5 Å². The summed E-state index contributed by atoms with van der Waals surface area (Å²) in [5, 5.41) is 1.72.